The summed E-state index contributed by atoms with van der Waals surface area (Å²) in [5.74, 6) is 2.51. The molecule has 0 bridgehead atoms. The van der Waals surface area contributed by atoms with E-state index in [9.17, 15) is 5.11 Å². The summed E-state index contributed by atoms with van der Waals surface area (Å²) in [5.41, 5.74) is 1.21. The standard InChI is InChI=1S/C24H42N4O3/c1-6-24(7-2,11-14-29)18-26-23(25-8-3)27-19-9-12-28(13-10-19)20-15-21(30-4)17-22(16-20)31-5/h15-17,19,29H,6-14,18H2,1-5H3,(H2,25,26,27). The van der Waals surface area contributed by atoms with Gasteiger partial charge >= 0.3 is 0 Å². The van der Waals surface area contributed by atoms with Crippen molar-refractivity contribution in [2.45, 2.75) is 58.9 Å². The predicted octanol–water partition coefficient (Wildman–Crippen LogP) is 3.42. The molecule has 0 amide bonds. The van der Waals surface area contributed by atoms with E-state index in [4.69, 9.17) is 14.5 Å². The number of methoxy groups -OCH3 is 2. The fraction of sp³-hybridized carbons (Fsp3) is 0.708. The molecule has 1 saturated heterocycles. The van der Waals surface area contributed by atoms with Crippen LogP contribution in [0.4, 0.5) is 5.69 Å². The Balaban J connectivity index is 1.99. The molecule has 0 radical (unpaired) electrons. The number of guanidine groups is 1. The van der Waals surface area contributed by atoms with E-state index in [0.717, 1.165) is 81.4 Å². The van der Waals surface area contributed by atoms with E-state index in [1.165, 1.54) is 0 Å². The van der Waals surface area contributed by atoms with E-state index in [0.29, 0.717) is 6.04 Å². The van der Waals surface area contributed by atoms with Gasteiger partial charge in [0.05, 0.1) is 14.2 Å². The molecule has 0 atom stereocenters. The molecule has 0 aliphatic carbocycles. The van der Waals surface area contributed by atoms with Crippen LogP contribution in [0, 0.1) is 5.41 Å². The first-order valence-electron chi connectivity index (χ1n) is 11.7. The van der Waals surface area contributed by atoms with Gasteiger partial charge in [-0.15, -0.1) is 0 Å². The number of aliphatic hydroxyl groups excluding tert-OH is 1. The summed E-state index contributed by atoms with van der Waals surface area (Å²) in [7, 11) is 3.37. The smallest absolute Gasteiger partial charge is 0.191 e. The number of anilines is 1. The topological polar surface area (TPSA) is 78.4 Å². The van der Waals surface area contributed by atoms with E-state index in [1.807, 2.05) is 6.07 Å². The fourth-order valence-electron chi connectivity index (χ4n) is 4.16. The molecular weight excluding hydrogens is 392 g/mol. The Morgan fingerprint density at radius 3 is 2.19 bits per heavy atom. The van der Waals surface area contributed by atoms with Gasteiger partial charge in [0, 0.05) is 62.7 Å². The molecule has 0 unspecified atom stereocenters. The van der Waals surface area contributed by atoms with Crippen molar-refractivity contribution in [3.8, 4) is 11.5 Å². The van der Waals surface area contributed by atoms with Crippen LogP contribution in [0.15, 0.2) is 23.2 Å². The van der Waals surface area contributed by atoms with Crippen molar-refractivity contribution >= 4 is 11.6 Å². The van der Waals surface area contributed by atoms with Crippen LogP contribution in [-0.4, -0.2) is 64.1 Å². The van der Waals surface area contributed by atoms with Gasteiger partial charge in [0.25, 0.3) is 0 Å². The SMILES string of the molecule is CCNC(=NCC(CC)(CC)CCO)NC1CCN(c2cc(OC)cc(OC)c2)CC1. The first kappa shape index (κ1) is 25.1. The molecule has 0 spiro atoms. The van der Waals surface area contributed by atoms with Gasteiger partial charge in [0.15, 0.2) is 5.96 Å². The van der Waals surface area contributed by atoms with Gasteiger partial charge in [-0.25, -0.2) is 0 Å². The molecule has 7 heteroatoms. The third-order valence-corrected chi connectivity index (χ3v) is 6.60. The van der Waals surface area contributed by atoms with Crippen LogP contribution in [0.25, 0.3) is 0 Å². The molecule has 31 heavy (non-hydrogen) atoms. The molecule has 1 aliphatic rings. The average Bonchev–Trinajstić information content (AvgIpc) is 2.82. The Hall–Kier alpha value is -2.15. The Bertz CT molecular complexity index is 661. The van der Waals surface area contributed by atoms with Crippen LogP contribution in [0.5, 0.6) is 11.5 Å². The van der Waals surface area contributed by atoms with Gasteiger partial charge in [-0.3, -0.25) is 4.99 Å². The maximum Gasteiger partial charge on any atom is 0.191 e. The highest BCUT2D eigenvalue weighted by Gasteiger charge is 2.26. The van der Waals surface area contributed by atoms with Crippen LogP contribution in [0.2, 0.25) is 0 Å². The maximum atomic E-state index is 9.48. The molecule has 176 valence electrons. The number of piperidine rings is 1. The minimum absolute atomic E-state index is 0.0753. The summed E-state index contributed by atoms with van der Waals surface area (Å²) < 4.78 is 10.8. The van der Waals surface area contributed by atoms with E-state index < -0.39 is 0 Å². The van der Waals surface area contributed by atoms with Gasteiger partial charge in [0.1, 0.15) is 11.5 Å². The first-order chi connectivity index (χ1) is 15.0. The summed E-state index contributed by atoms with van der Waals surface area (Å²) in [4.78, 5) is 7.28. The van der Waals surface area contributed by atoms with Gasteiger partial charge in [0.2, 0.25) is 0 Å². The Kier molecular flexibility index (Phi) is 10.2. The molecule has 1 fully saturated rings. The fourth-order valence-corrected chi connectivity index (χ4v) is 4.16. The lowest BCUT2D eigenvalue weighted by Crippen LogP contribution is -2.49. The van der Waals surface area contributed by atoms with Gasteiger partial charge in [-0.05, 0) is 44.4 Å². The highest BCUT2D eigenvalue weighted by molar-refractivity contribution is 5.80. The molecule has 0 aromatic heterocycles. The second-order valence-corrected chi connectivity index (χ2v) is 8.35. The summed E-state index contributed by atoms with van der Waals surface area (Å²) in [6.45, 7) is 10.2. The van der Waals surface area contributed by atoms with Crippen molar-refractivity contribution in [1.29, 1.82) is 0 Å². The minimum atomic E-state index is 0.0753. The van der Waals surface area contributed by atoms with Crippen molar-refractivity contribution in [3.63, 3.8) is 0 Å². The van der Waals surface area contributed by atoms with E-state index in [1.54, 1.807) is 14.2 Å². The molecule has 0 saturated carbocycles. The van der Waals surface area contributed by atoms with E-state index in [-0.39, 0.29) is 12.0 Å². The third-order valence-electron chi connectivity index (χ3n) is 6.60. The van der Waals surface area contributed by atoms with Crippen molar-refractivity contribution in [2.24, 2.45) is 10.4 Å². The number of hydrogen-bond donors (Lipinski definition) is 3. The Labute approximate surface area is 188 Å². The van der Waals surface area contributed by atoms with Gasteiger partial charge in [-0.2, -0.15) is 0 Å². The maximum absolute atomic E-state index is 9.48. The summed E-state index contributed by atoms with van der Waals surface area (Å²) in [6.07, 6.45) is 4.91. The number of nitrogens with one attached hydrogen (secondary N) is 2. The van der Waals surface area contributed by atoms with Gasteiger partial charge in [-0.1, -0.05) is 13.8 Å². The van der Waals surface area contributed by atoms with Crippen molar-refractivity contribution in [3.05, 3.63) is 18.2 Å². The Morgan fingerprint density at radius 1 is 1.10 bits per heavy atom. The number of benzene rings is 1. The number of ether oxygens (including phenoxy) is 2. The monoisotopic (exact) mass is 434 g/mol. The molecule has 1 aromatic carbocycles. The lowest BCUT2D eigenvalue weighted by molar-refractivity contribution is 0.175. The second kappa shape index (κ2) is 12.6. The van der Waals surface area contributed by atoms with Gasteiger partial charge < -0.3 is 30.1 Å². The largest absolute Gasteiger partial charge is 0.497 e. The number of aliphatic imine (C=N–C) groups is 1. The highest BCUT2D eigenvalue weighted by atomic mass is 16.5. The molecular formula is C24H42N4O3. The number of aliphatic hydroxyl groups is 1. The zero-order valence-corrected chi connectivity index (χ0v) is 20.0. The van der Waals surface area contributed by atoms with Crippen LogP contribution < -0.4 is 25.0 Å². The zero-order valence-electron chi connectivity index (χ0n) is 20.0. The van der Waals surface area contributed by atoms with Crippen LogP contribution in [-0.2, 0) is 0 Å². The number of nitrogens with zero attached hydrogens (tertiary/aromatic N) is 2. The molecule has 1 aliphatic heterocycles. The van der Waals surface area contributed by atoms with E-state index >= 15 is 0 Å². The summed E-state index contributed by atoms with van der Waals surface area (Å²) in [6, 6.07) is 6.42. The second-order valence-electron chi connectivity index (χ2n) is 8.35. The molecule has 7 nitrogen and oxygen atoms in total. The third kappa shape index (κ3) is 7.20. The summed E-state index contributed by atoms with van der Waals surface area (Å²) >= 11 is 0. The molecule has 1 heterocycles. The Morgan fingerprint density at radius 2 is 1.71 bits per heavy atom. The van der Waals surface area contributed by atoms with E-state index in [2.05, 4.69) is 48.4 Å². The lowest BCUT2D eigenvalue weighted by Gasteiger charge is -2.35. The first-order valence-corrected chi connectivity index (χ1v) is 11.7. The molecule has 2 rings (SSSR count). The molecule has 3 N–H and O–H groups in total. The average molecular weight is 435 g/mol. The van der Waals surface area contributed by atoms with Crippen molar-refractivity contribution in [1.82, 2.24) is 10.6 Å². The molecule has 1 aromatic rings. The van der Waals surface area contributed by atoms with Crippen molar-refractivity contribution in [2.75, 3.05) is 51.9 Å². The quantitative estimate of drug-likeness (QED) is 0.366. The van der Waals surface area contributed by atoms with Crippen LogP contribution in [0.3, 0.4) is 0 Å². The zero-order chi connectivity index (χ0) is 22.7. The lowest BCUT2D eigenvalue weighted by atomic mass is 9.79. The highest BCUT2D eigenvalue weighted by Crippen LogP contribution is 2.31. The number of rotatable bonds is 11. The van der Waals surface area contributed by atoms with Crippen molar-refractivity contribution < 1.29 is 14.6 Å². The number of hydrogen-bond acceptors (Lipinski definition) is 5. The summed E-state index contributed by atoms with van der Waals surface area (Å²) in [5, 5.41) is 16.5. The minimum Gasteiger partial charge on any atom is -0.497 e. The van der Waals surface area contributed by atoms with Crippen LogP contribution in [0.1, 0.15) is 52.9 Å². The van der Waals surface area contributed by atoms with Crippen LogP contribution >= 0.6 is 0 Å². The predicted molar refractivity (Wildman–Crippen MR) is 129 cm³/mol. The normalized spacial score (nSPS) is 15.7.